The SMILES string of the molecule is C=CC[N+](CC=C)(CCCNc1ccccc1)CC(C)C.CC(C(N)=O)c1ccccc1.[Cl-]. The van der Waals surface area contributed by atoms with Gasteiger partial charge in [0.15, 0.2) is 0 Å². The van der Waals surface area contributed by atoms with Crippen LogP contribution in [0.2, 0.25) is 0 Å². The number of amides is 1. The molecule has 2 rings (SSSR count). The fraction of sp³-hybridized carbons (Fsp3) is 0.393. The third-order valence-electron chi connectivity index (χ3n) is 5.42. The second-order valence-electron chi connectivity index (χ2n) is 8.77. The van der Waals surface area contributed by atoms with Crippen molar-refractivity contribution in [2.45, 2.75) is 33.1 Å². The van der Waals surface area contributed by atoms with E-state index < -0.39 is 0 Å². The fourth-order valence-corrected chi connectivity index (χ4v) is 3.93. The third-order valence-corrected chi connectivity index (χ3v) is 5.42. The summed E-state index contributed by atoms with van der Waals surface area (Å²) in [5.74, 6) is 0.222. The average Bonchev–Trinajstić information content (AvgIpc) is 2.78. The van der Waals surface area contributed by atoms with Gasteiger partial charge in [0.2, 0.25) is 5.91 Å². The number of nitrogens with two attached hydrogens (primary N) is 1. The molecular weight excluding hydrogens is 430 g/mol. The number of carbonyl (C=O) groups is 1. The van der Waals surface area contributed by atoms with Crippen molar-refractivity contribution < 1.29 is 21.7 Å². The van der Waals surface area contributed by atoms with Gasteiger partial charge in [-0.2, -0.15) is 0 Å². The normalized spacial score (nSPS) is 11.4. The third kappa shape index (κ3) is 12.3. The summed E-state index contributed by atoms with van der Waals surface area (Å²) < 4.78 is 1.07. The number of primary amides is 1. The second kappa shape index (κ2) is 17.0. The lowest BCUT2D eigenvalue weighted by Gasteiger charge is -2.38. The molecule has 0 aliphatic heterocycles. The van der Waals surface area contributed by atoms with E-state index in [1.165, 1.54) is 12.2 Å². The molecule has 0 bridgehead atoms. The molecule has 0 aliphatic rings. The van der Waals surface area contributed by atoms with Crippen molar-refractivity contribution in [3.8, 4) is 0 Å². The molecule has 2 aromatic rings. The zero-order valence-electron chi connectivity index (χ0n) is 20.6. The lowest BCUT2D eigenvalue weighted by Crippen LogP contribution is -3.00. The summed E-state index contributed by atoms with van der Waals surface area (Å²) in [5, 5.41) is 3.49. The topological polar surface area (TPSA) is 55.1 Å². The quantitative estimate of drug-likeness (QED) is 0.268. The minimum absolute atomic E-state index is 0. The Bertz CT molecular complexity index is 783. The van der Waals surface area contributed by atoms with E-state index in [4.69, 9.17) is 5.73 Å². The van der Waals surface area contributed by atoms with Crippen LogP contribution < -0.4 is 23.5 Å². The van der Waals surface area contributed by atoms with Gasteiger partial charge in [-0.1, -0.05) is 75.5 Å². The van der Waals surface area contributed by atoms with Gasteiger partial charge in [-0.25, -0.2) is 0 Å². The van der Waals surface area contributed by atoms with Crippen molar-refractivity contribution in [1.29, 1.82) is 0 Å². The molecule has 2 aromatic carbocycles. The number of halogens is 1. The molecule has 0 aromatic heterocycles. The first-order valence-electron chi connectivity index (χ1n) is 11.5. The van der Waals surface area contributed by atoms with Gasteiger partial charge < -0.3 is 27.9 Å². The van der Waals surface area contributed by atoms with Crippen molar-refractivity contribution >= 4 is 11.6 Å². The maximum atomic E-state index is 10.7. The van der Waals surface area contributed by atoms with E-state index in [2.05, 4.69) is 68.7 Å². The summed E-state index contributed by atoms with van der Waals surface area (Å²) in [7, 11) is 0. The molecule has 0 fully saturated rings. The van der Waals surface area contributed by atoms with Crippen LogP contribution in [0.1, 0.15) is 38.7 Å². The number of carbonyl (C=O) groups excluding carboxylic acids is 1. The molecule has 0 saturated carbocycles. The lowest BCUT2D eigenvalue weighted by atomic mass is 10.0. The number of para-hydroxylation sites is 1. The fourth-order valence-electron chi connectivity index (χ4n) is 3.93. The van der Waals surface area contributed by atoms with Crippen LogP contribution in [0.25, 0.3) is 0 Å². The predicted octanol–water partition coefficient (Wildman–Crippen LogP) is 2.61. The van der Waals surface area contributed by atoms with Crippen LogP contribution in [0.4, 0.5) is 5.69 Å². The highest BCUT2D eigenvalue weighted by Gasteiger charge is 2.25. The molecule has 0 spiro atoms. The number of benzene rings is 2. The molecular formula is C28H42ClN3O. The predicted molar refractivity (Wildman–Crippen MR) is 139 cm³/mol. The van der Waals surface area contributed by atoms with Gasteiger partial charge in [0.25, 0.3) is 0 Å². The maximum Gasteiger partial charge on any atom is 0.224 e. The van der Waals surface area contributed by atoms with Gasteiger partial charge in [0.05, 0.1) is 32.1 Å². The van der Waals surface area contributed by atoms with E-state index in [1.807, 2.05) is 36.4 Å². The molecule has 0 saturated heterocycles. The Morgan fingerprint density at radius 3 is 1.94 bits per heavy atom. The summed E-state index contributed by atoms with van der Waals surface area (Å²) in [4.78, 5) is 10.7. The molecule has 1 atom stereocenters. The first-order valence-corrected chi connectivity index (χ1v) is 11.5. The first-order chi connectivity index (χ1) is 15.3. The first kappa shape index (κ1) is 30.4. The molecule has 33 heavy (non-hydrogen) atoms. The molecule has 5 heteroatoms. The summed E-state index contributed by atoms with van der Waals surface area (Å²) in [5.41, 5.74) is 7.30. The van der Waals surface area contributed by atoms with Crippen molar-refractivity contribution in [2.24, 2.45) is 11.7 Å². The zero-order valence-corrected chi connectivity index (χ0v) is 21.3. The Labute approximate surface area is 207 Å². The Kier molecular flexibility index (Phi) is 15.7. The number of rotatable bonds is 13. The summed E-state index contributed by atoms with van der Waals surface area (Å²) in [6.07, 6.45) is 5.26. The van der Waals surface area contributed by atoms with E-state index in [-0.39, 0.29) is 24.2 Å². The van der Waals surface area contributed by atoms with Crippen molar-refractivity contribution in [3.63, 3.8) is 0 Å². The molecule has 3 N–H and O–H groups in total. The number of hydrogen-bond acceptors (Lipinski definition) is 2. The molecule has 0 aliphatic carbocycles. The van der Waals surface area contributed by atoms with Crippen LogP contribution in [0.15, 0.2) is 86.0 Å². The van der Waals surface area contributed by atoms with Gasteiger partial charge in [0.1, 0.15) is 0 Å². The van der Waals surface area contributed by atoms with E-state index >= 15 is 0 Å². The van der Waals surface area contributed by atoms with E-state index in [0.717, 1.165) is 42.6 Å². The average molecular weight is 472 g/mol. The minimum atomic E-state index is -0.281. The number of nitrogens with one attached hydrogen (secondary N) is 1. The zero-order chi connectivity index (χ0) is 23.8. The molecule has 0 radical (unpaired) electrons. The van der Waals surface area contributed by atoms with Gasteiger partial charge in [-0.3, -0.25) is 4.79 Å². The van der Waals surface area contributed by atoms with Crippen LogP contribution in [-0.2, 0) is 4.79 Å². The molecule has 1 amide bonds. The van der Waals surface area contributed by atoms with Crippen LogP contribution in [0, 0.1) is 5.92 Å². The largest absolute Gasteiger partial charge is 1.00 e. The smallest absolute Gasteiger partial charge is 0.224 e. The van der Waals surface area contributed by atoms with Gasteiger partial charge >= 0.3 is 0 Å². The molecule has 182 valence electrons. The molecule has 4 nitrogen and oxygen atoms in total. The highest BCUT2D eigenvalue weighted by Crippen LogP contribution is 2.15. The van der Waals surface area contributed by atoms with Crippen molar-refractivity contribution in [3.05, 3.63) is 91.5 Å². The number of quaternary nitrogens is 1. The van der Waals surface area contributed by atoms with E-state index in [9.17, 15) is 4.79 Å². The monoisotopic (exact) mass is 471 g/mol. The van der Waals surface area contributed by atoms with Crippen molar-refractivity contribution in [1.82, 2.24) is 0 Å². The van der Waals surface area contributed by atoms with Gasteiger partial charge in [-0.15, -0.1) is 0 Å². The number of hydrogen-bond donors (Lipinski definition) is 2. The van der Waals surface area contributed by atoms with Crippen LogP contribution in [0.5, 0.6) is 0 Å². The van der Waals surface area contributed by atoms with Crippen LogP contribution >= 0.6 is 0 Å². The number of anilines is 1. The molecule has 0 heterocycles. The van der Waals surface area contributed by atoms with Crippen LogP contribution in [-0.4, -0.2) is 43.1 Å². The van der Waals surface area contributed by atoms with Crippen molar-refractivity contribution in [2.75, 3.05) is 38.0 Å². The highest BCUT2D eigenvalue weighted by molar-refractivity contribution is 5.81. The maximum absolute atomic E-state index is 10.7. The Morgan fingerprint density at radius 2 is 1.48 bits per heavy atom. The van der Waals surface area contributed by atoms with Gasteiger partial charge in [-0.05, 0) is 36.8 Å². The standard InChI is InChI=1S/C19H31N2.C9H11NO.ClH/c1-5-14-21(15-6-2,17-18(3)4)16-10-13-20-19-11-8-7-9-12-19;1-7(9(10)11)8-5-3-2-4-6-8;/h5-9,11-12,18,20H,1-2,10,13-17H2,3-4H3;2-7H,1H3,(H2,10,11);1H/q+1;;/p-1. The number of nitrogens with zero attached hydrogens (tertiary/aromatic N) is 1. The van der Waals surface area contributed by atoms with Crippen LogP contribution in [0.3, 0.4) is 0 Å². The summed E-state index contributed by atoms with van der Waals surface area (Å²) >= 11 is 0. The molecule has 1 unspecified atom stereocenters. The van der Waals surface area contributed by atoms with E-state index in [0.29, 0.717) is 5.92 Å². The van der Waals surface area contributed by atoms with E-state index in [1.54, 1.807) is 6.92 Å². The minimum Gasteiger partial charge on any atom is -1.00 e. The summed E-state index contributed by atoms with van der Waals surface area (Å²) in [6, 6.07) is 19.9. The second-order valence-corrected chi connectivity index (χ2v) is 8.77. The Hall–Kier alpha value is -2.56. The Balaban J connectivity index is 0.000000720. The Morgan fingerprint density at radius 1 is 0.970 bits per heavy atom. The highest BCUT2D eigenvalue weighted by atomic mass is 35.5. The van der Waals surface area contributed by atoms with Gasteiger partial charge in [0, 0.05) is 24.6 Å². The summed E-state index contributed by atoms with van der Waals surface area (Å²) in [6.45, 7) is 19.7. The lowest BCUT2D eigenvalue weighted by molar-refractivity contribution is -0.920.